The Labute approximate surface area is 120 Å². The van der Waals surface area contributed by atoms with Crippen LogP contribution in [0.5, 0.6) is 0 Å². The summed E-state index contributed by atoms with van der Waals surface area (Å²) in [4.78, 5) is 14.6. The van der Waals surface area contributed by atoms with Crippen molar-refractivity contribution >= 4 is 22.9 Å². The largest absolute Gasteiger partial charge is 0.320 e. The van der Waals surface area contributed by atoms with Crippen LogP contribution in [0.15, 0.2) is 35.7 Å². The molecular formula is C15H13FN2OS. The van der Waals surface area contributed by atoms with Crippen molar-refractivity contribution in [3.05, 3.63) is 52.0 Å². The zero-order valence-electron chi connectivity index (χ0n) is 10.9. The van der Waals surface area contributed by atoms with Crippen LogP contribution in [0.2, 0.25) is 0 Å². The minimum absolute atomic E-state index is 0.159. The Morgan fingerprint density at radius 1 is 1.40 bits per heavy atom. The van der Waals surface area contributed by atoms with Crippen molar-refractivity contribution in [2.24, 2.45) is 5.73 Å². The highest BCUT2D eigenvalue weighted by Crippen LogP contribution is 2.19. The lowest BCUT2D eigenvalue weighted by Gasteiger charge is -2.16. The number of hydrogen-bond donors (Lipinski definition) is 1. The third kappa shape index (κ3) is 3.23. The number of halogens is 1. The highest BCUT2D eigenvalue weighted by molar-refractivity contribution is 7.10. The van der Waals surface area contributed by atoms with Crippen molar-refractivity contribution < 1.29 is 9.18 Å². The van der Waals surface area contributed by atoms with Crippen molar-refractivity contribution in [3.63, 3.8) is 0 Å². The fourth-order valence-corrected chi connectivity index (χ4v) is 2.38. The van der Waals surface area contributed by atoms with E-state index in [2.05, 4.69) is 11.8 Å². The molecule has 0 radical (unpaired) electrons. The van der Waals surface area contributed by atoms with Gasteiger partial charge in [0, 0.05) is 18.1 Å². The quantitative estimate of drug-likeness (QED) is 0.863. The Morgan fingerprint density at radius 3 is 2.75 bits per heavy atom. The third-order valence-corrected chi connectivity index (χ3v) is 3.52. The summed E-state index contributed by atoms with van der Waals surface area (Å²) in [6.45, 7) is 0.288. The molecule has 0 spiro atoms. The number of benzene rings is 1. The lowest BCUT2D eigenvalue weighted by atomic mass is 10.2. The average molecular weight is 288 g/mol. The van der Waals surface area contributed by atoms with Gasteiger partial charge in [0.05, 0.1) is 17.0 Å². The average Bonchev–Trinajstić information content (AvgIpc) is 2.93. The Morgan fingerprint density at radius 2 is 2.10 bits per heavy atom. The molecule has 0 atom stereocenters. The lowest BCUT2D eigenvalue weighted by Crippen LogP contribution is -2.25. The standard InChI is InChI=1S/C15H13FN2OS/c1-18(13-6-4-12(16)5-7-13)15(19)11-9-14(20-10-11)3-2-8-17/h4-7,9-10H,8,17H2,1H3. The van der Waals surface area contributed by atoms with Crippen molar-refractivity contribution in [1.29, 1.82) is 0 Å². The predicted octanol–water partition coefficient (Wildman–Crippen LogP) is 2.47. The number of amides is 1. The summed E-state index contributed by atoms with van der Waals surface area (Å²) >= 11 is 1.40. The molecule has 2 aromatic rings. The van der Waals surface area contributed by atoms with Gasteiger partial charge in [-0.25, -0.2) is 4.39 Å². The van der Waals surface area contributed by atoms with Gasteiger partial charge in [0.15, 0.2) is 0 Å². The van der Waals surface area contributed by atoms with Crippen LogP contribution in [0.25, 0.3) is 0 Å². The molecule has 3 nitrogen and oxygen atoms in total. The zero-order valence-corrected chi connectivity index (χ0v) is 11.7. The van der Waals surface area contributed by atoms with E-state index in [9.17, 15) is 9.18 Å². The Kier molecular flexibility index (Phi) is 4.51. The van der Waals surface area contributed by atoms with E-state index < -0.39 is 0 Å². The van der Waals surface area contributed by atoms with Crippen LogP contribution in [0.1, 0.15) is 15.2 Å². The SMILES string of the molecule is CN(C(=O)c1csc(C#CCN)c1)c1ccc(F)cc1. The molecule has 1 aromatic heterocycles. The molecule has 20 heavy (non-hydrogen) atoms. The minimum Gasteiger partial charge on any atom is -0.320 e. The van der Waals surface area contributed by atoms with Crippen molar-refractivity contribution in [2.45, 2.75) is 0 Å². The van der Waals surface area contributed by atoms with Gasteiger partial charge in [-0.1, -0.05) is 11.8 Å². The Balaban J connectivity index is 2.18. The molecule has 1 amide bonds. The first-order valence-corrected chi connectivity index (χ1v) is 6.81. The number of carbonyl (C=O) groups excluding carboxylic acids is 1. The van der Waals surface area contributed by atoms with Gasteiger partial charge in [0.2, 0.25) is 0 Å². The Hall–Kier alpha value is -2.16. The normalized spacial score (nSPS) is 9.75. The van der Waals surface area contributed by atoms with E-state index in [1.807, 2.05) is 0 Å². The van der Waals surface area contributed by atoms with Crippen LogP contribution in [0.4, 0.5) is 10.1 Å². The smallest absolute Gasteiger partial charge is 0.258 e. The second-order valence-electron chi connectivity index (χ2n) is 4.05. The maximum atomic E-state index is 12.9. The van der Waals surface area contributed by atoms with Gasteiger partial charge in [-0.15, -0.1) is 11.3 Å². The molecule has 1 heterocycles. The topological polar surface area (TPSA) is 46.3 Å². The van der Waals surface area contributed by atoms with E-state index in [4.69, 9.17) is 5.73 Å². The van der Waals surface area contributed by atoms with Gasteiger partial charge in [0.25, 0.3) is 5.91 Å². The van der Waals surface area contributed by atoms with Crippen LogP contribution in [0.3, 0.4) is 0 Å². The van der Waals surface area contributed by atoms with Crippen LogP contribution in [0, 0.1) is 17.7 Å². The molecule has 102 valence electrons. The molecule has 0 saturated heterocycles. The fraction of sp³-hybridized carbons (Fsp3) is 0.133. The molecule has 0 saturated carbocycles. The summed E-state index contributed by atoms with van der Waals surface area (Å²) < 4.78 is 12.9. The number of nitrogens with zero attached hydrogens (tertiary/aromatic N) is 1. The number of nitrogens with two attached hydrogens (primary N) is 1. The van der Waals surface area contributed by atoms with Gasteiger partial charge < -0.3 is 10.6 Å². The fourth-order valence-electron chi connectivity index (χ4n) is 1.63. The van der Waals surface area contributed by atoms with Crippen molar-refractivity contribution in [2.75, 3.05) is 18.5 Å². The molecule has 0 unspecified atom stereocenters. The number of anilines is 1. The molecule has 0 aliphatic rings. The molecule has 0 aliphatic carbocycles. The highest BCUT2D eigenvalue weighted by atomic mass is 32.1. The van der Waals surface area contributed by atoms with E-state index in [0.29, 0.717) is 11.3 Å². The monoisotopic (exact) mass is 288 g/mol. The first kappa shape index (κ1) is 14.3. The molecule has 1 aromatic carbocycles. The summed E-state index contributed by atoms with van der Waals surface area (Å²) in [6.07, 6.45) is 0. The summed E-state index contributed by atoms with van der Waals surface area (Å²) in [5.74, 6) is 5.15. The van der Waals surface area contributed by atoms with Gasteiger partial charge in [-0.2, -0.15) is 0 Å². The zero-order chi connectivity index (χ0) is 14.5. The van der Waals surface area contributed by atoms with Gasteiger partial charge in [-0.3, -0.25) is 4.79 Å². The molecule has 0 fully saturated rings. The molecule has 0 aliphatic heterocycles. The van der Waals surface area contributed by atoms with E-state index in [-0.39, 0.29) is 18.3 Å². The molecule has 2 rings (SSSR count). The van der Waals surface area contributed by atoms with Gasteiger partial charge in [0.1, 0.15) is 5.82 Å². The van der Waals surface area contributed by atoms with Crippen LogP contribution < -0.4 is 10.6 Å². The molecular weight excluding hydrogens is 275 g/mol. The number of rotatable bonds is 2. The van der Waals surface area contributed by atoms with Crippen LogP contribution >= 0.6 is 11.3 Å². The van der Waals surface area contributed by atoms with Crippen LogP contribution in [-0.4, -0.2) is 19.5 Å². The molecule has 5 heteroatoms. The van der Waals surface area contributed by atoms with Crippen molar-refractivity contribution in [3.8, 4) is 11.8 Å². The van der Waals surface area contributed by atoms with Crippen LogP contribution in [-0.2, 0) is 0 Å². The first-order valence-electron chi connectivity index (χ1n) is 5.93. The Bertz CT molecular complexity index is 667. The molecule has 2 N–H and O–H groups in total. The maximum Gasteiger partial charge on any atom is 0.258 e. The number of hydrogen-bond acceptors (Lipinski definition) is 3. The summed E-state index contributed by atoms with van der Waals surface area (Å²) in [5.41, 5.74) is 6.50. The number of carbonyl (C=O) groups is 1. The van der Waals surface area contributed by atoms with E-state index in [0.717, 1.165) is 4.88 Å². The first-order chi connectivity index (χ1) is 9.61. The lowest BCUT2D eigenvalue weighted by molar-refractivity contribution is 0.0993. The van der Waals surface area contributed by atoms with E-state index >= 15 is 0 Å². The number of thiophene rings is 1. The van der Waals surface area contributed by atoms with E-state index in [1.165, 1.54) is 28.4 Å². The molecule has 0 bridgehead atoms. The minimum atomic E-state index is -0.329. The van der Waals surface area contributed by atoms with Gasteiger partial charge in [-0.05, 0) is 30.3 Å². The van der Waals surface area contributed by atoms with Gasteiger partial charge >= 0.3 is 0 Å². The third-order valence-electron chi connectivity index (χ3n) is 2.68. The van der Waals surface area contributed by atoms with E-state index in [1.54, 1.807) is 30.6 Å². The second-order valence-corrected chi connectivity index (χ2v) is 4.96. The van der Waals surface area contributed by atoms with Crippen molar-refractivity contribution in [1.82, 2.24) is 0 Å². The summed E-state index contributed by atoms with van der Waals surface area (Å²) in [5, 5.41) is 1.75. The highest BCUT2D eigenvalue weighted by Gasteiger charge is 2.14. The maximum absolute atomic E-state index is 12.9. The summed E-state index contributed by atoms with van der Waals surface area (Å²) in [6, 6.07) is 7.51. The predicted molar refractivity (Wildman–Crippen MR) is 79.4 cm³/mol. The summed E-state index contributed by atoms with van der Waals surface area (Å²) in [7, 11) is 1.65. The second kappa shape index (κ2) is 6.33.